The number of nitrogens with one attached hydrogen (secondary N) is 2. The quantitative estimate of drug-likeness (QED) is 0.824. The third-order valence-corrected chi connectivity index (χ3v) is 3.10. The summed E-state index contributed by atoms with van der Waals surface area (Å²) in [4.78, 5) is 8.58. The van der Waals surface area contributed by atoms with E-state index in [4.69, 9.17) is 0 Å². The van der Waals surface area contributed by atoms with Crippen molar-refractivity contribution in [3.8, 4) is 11.4 Å². The lowest BCUT2D eigenvalue weighted by Gasteiger charge is -2.03. The standard InChI is InChI=1S/C12H15N5/c1-2-10(8-13-4-1)12-15-11(16-17-12)6-9-3-5-14-7-9/h1-2,4,8-9,14H,3,5-7H2,(H,15,16,17). The molecule has 1 unspecified atom stereocenters. The van der Waals surface area contributed by atoms with Crippen LogP contribution in [0.15, 0.2) is 24.5 Å². The van der Waals surface area contributed by atoms with Gasteiger partial charge in [0.15, 0.2) is 5.82 Å². The number of pyridine rings is 1. The van der Waals surface area contributed by atoms with E-state index in [0.717, 1.165) is 36.7 Å². The summed E-state index contributed by atoms with van der Waals surface area (Å²) in [7, 11) is 0. The monoisotopic (exact) mass is 229 g/mol. The molecule has 2 aromatic heterocycles. The van der Waals surface area contributed by atoms with Crippen LogP contribution in [-0.4, -0.2) is 33.3 Å². The van der Waals surface area contributed by atoms with Crippen molar-refractivity contribution in [1.29, 1.82) is 0 Å². The average Bonchev–Trinajstić information content (AvgIpc) is 3.02. The molecule has 0 aliphatic carbocycles. The molecule has 5 nitrogen and oxygen atoms in total. The fourth-order valence-electron chi connectivity index (χ4n) is 2.17. The average molecular weight is 229 g/mol. The second-order valence-electron chi connectivity index (χ2n) is 4.41. The van der Waals surface area contributed by atoms with E-state index >= 15 is 0 Å². The van der Waals surface area contributed by atoms with Crippen LogP contribution in [0.25, 0.3) is 11.4 Å². The van der Waals surface area contributed by atoms with Crippen molar-refractivity contribution < 1.29 is 0 Å². The lowest BCUT2D eigenvalue weighted by molar-refractivity contribution is 0.563. The highest BCUT2D eigenvalue weighted by atomic mass is 15.2. The second kappa shape index (κ2) is 4.63. The molecule has 0 spiro atoms. The van der Waals surface area contributed by atoms with Gasteiger partial charge in [0, 0.05) is 24.4 Å². The Labute approximate surface area is 99.7 Å². The minimum absolute atomic E-state index is 0.685. The fourth-order valence-corrected chi connectivity index (χ4v) is 2.17. The Morgan fingerprint density at radius 1 is 1.41 bits per heavy atom. The van der Waals surface area contributed by atoms with Gasteiger partial charge in [-0.2, -0.15) is 5.10 Å². The molecular weight excluding hydrogens is 214 g/mol. The summed E-state index contributed by atoms with van der Waals surface area (Å²) in [6, 6.07) is 3.86. The maximum absolute atomic E-state index is 4.51. The van der Waals surface area contributed by atoms with Gasteiger partial charge in [-0.1, -0.05) is 0 Å². The molecule has 88 valence electrons. The Hall–Kier alpha value is -1.75. The second-order valence-corrected chi connectivity index (χ2v) is 4.41. The summed E-state index contributed by atoms with van der Waals surface area (Å²) in [6.45, 7) is 2.21. The summed E-state index contributed by atoms with van der Waals surface area (Å²) >= 11 is 0. The van der Waals surface area contributed by atoms with Crippen molar-refractivity contribution in [3.05, 3.63) is 30.4 Å². The van der Waals surface area contributed by atoms with Gasteiger partial charge in [0.25, 0.3) is 0 Å². The summed E-state index contributed by atoms with van der Waals surface area (Å²) < 4.78 is 0. The van der Waals surface area contributed by atoms with Crippen molar-refractivity contribution in [3.63, 3.8) is 0 Å². The predicted molar refractivity (Wildman–Crippen MR) is 64.3 cm³/mol. The number of aromatic amines is 1. The van der Waals surface area contributed by atoms with Crippen molar-refractivity contribution in [2.24, 2.45) is 5.92 Å². The zero-order valence-corrected chi connectivity index (χ0v) is 9.56. The van der Waals surface area contributed by atoms with Crippen molar-refractivity contribution in [1.82, 2.24) is 25.5 Å². The largest absolute Gasteiger partial charge is 0.316 e. The first-order valence-electron chi connectivity index (χ1n) is 5.94. The molecule has 1 aliphatic rings. The number of nitrogens with zero attached hydrogens (tertiary/aromatic N) is 3. The van der Waals surface area contributed by atoms with Gasteiger partial charge < -0.3 is 5.32 Å². The summed E-state index contributed by atoms with van der Waals surface area (Å²) in [5, 5.41) is 10.6. The van der Waals surface area contributed by atoms with E-state index in [2.05, 4.69) is 25.5 Å². The van der Waals surface area contributed by atoms with Crippen molar-refractivity contribution in [2.75, 3.05) is 13.1 Å². The van der Waals surface area contributed by atoms with Gasteiger partial charge in [-0.3, -0.25) is 10.1 Å². The Morgan fingerprint density at radius 3 is 3.18 bits per heavy atom. The van der Waals surface area contributed by atoms with Crippen LogP contribution in [0.5, 0.6) is 0 Å². The molecule has 1 fully saturated rings. The van der Waals surface area contributed by atoms with Crippen LogP contribution in [0.1, 0.15) is 12.2 Å². The van der Waals surface area contributed by atoms with Gasteiger partial charge in [-0.25, -0.2) is 4.98 Å². The van der Waals surface area contributed by atoms with Gasteiger partial charge >= 0.3 is 0 Å². The highest BCUT2D eigenvalue weighted by Crippen LogP contribution is 2.16. The van der Waals surface area contributed by atoms with E-state index in [1.807, 2.05) is 12.1 Å². The van der Waals surface area contributed by atoms with Gasteiger partial charge in [-0.05, 0) is 37.6 Å². The number of rotatable bonds is 3. The van der Waals surface area contributed by atoms with E-state index < -0.39 is 0 Å². The van der Waals surface area contributed by atoms with Gasteiger partial charge in [0.05, 0.1) is 0 Å². The van der Waals surface area contributed by atoms with Crippen LogP contribution < -0.4 is 5.32 Å². The Bertz CT molecular complexity index is 473. The zero-order valence-electron chi connectivity index (χ0n) is 9.56. The predicted octanol–water partition coefficient (Wildman–Crippen LogP) is 1.02. The first-order chi connectivity index (χ1) is 8.42. The molecule has 3 rings (SSSR count). The Morgan fingerprint density at radius 2 is 2.41 bits per heavy atom. The molecule has 2 N–H and O–H groups in total. The van der Waals surface area contributed by atoms with E-state index in [1.54, 1.807) is 12.4 Å². The molecule has 0 radical (unpaired) electrons. The van der Waals surface area contributed by atoms with E-state index in [-0.39, 0.29) is 0 Å². The third kappa shape index (κ3) is 2.34. The van der Waals surface area contributed by atoms with Crippen molar-refractivity contribution >= 4 is 0 Å². The van der Waals surface area contributed by atoms with Gasteiger partial charge in [0.1, 0.15) is 5.82 Å². The molecule has 0 amide bonds. The first-order valence-corrected chi connectivity index (χ1v) is 5.94. The van der Waals surface area contributed by atoms with E-state index in [0.29, 0.717) is 5.92 Å². The number of hydrogen-bond acceptors (Lipinski definition) is 4. The minimum Gasteiger partial charge on any atom is -0.316 e. The smallest absolute Gasteiger partial charge is 0.182 e. The topological polar surface area (TPSA) is 66.5 Å². The highest BCUT2D eigenvalue weighted by Gasteiger charge is 2.17. The molecule has 2 aromatic rings. The number of hydrogen-bond donors (Lipinski definition) is 2. The molecule has 1 aliphatic heterocycles. The lowest BCUT2D eigenvalue weighted by Crippen LogP contribution is -2.11. The lowest BCUT2D eigenvalue weighted by atomic mass is 10.1. The van der Waals surface area contributed by atoms with Crippen LogP contribution in [0, 0.1) is 5.92 Å². The molecule has 0 saturated carbocycles. The fraction of sp³-hybridized carbons (Fsp3) is 0.417. The first kappa shape index (κ1) is 10.4. The van der Waals surface area contributed by atoms with E-state index in [1.165, 1.54) is 6.42 Å². The molecule has 3 heterocycles. The molecule has 17 heavy (non-hydrogen) atoms. The third-order valence-electron chi connectivity index (χ3n) is 3.10. The molecule has 0 bridgehead atoms. The van der Waals surface area contributed by atoms with Crippen LogP contribution in [0.2, 0.25) is 0 Å². The molecule has 1 atom stereocenters. The van der Waals surface area contributed by atoms with Crippen molar-refractivity contribution in [2.45, 2.75) is 12.8 Å². The minimum atomic E-state index is 0.685. The Balaban J connectivity index is 1.74. The Kier molecular flexibility index (Phi) is 2.83. The molecule has 0 aromatic carbocycles. The van der Waals surface area contributed by atoms with Crippen LogP contribution >= 0.6 is 0 Å². The normalized spacial score (nSPS) is 19.6. The highest BCUT2D eigenvalue weighted by molar-refractivity contribution is 5.52. The molecular formula is C12H15N5. The zero-order chi connectivity index (χ0) is 11.5. The number of H-pyrrole nitrogens is 1. The SMILES string of the molecule is c1cncc(-c2n[nH]c(CC3CCNC3)n2)c1. The van der Waals surface area contributed by atoms with Gasteiger partial charge in [-0.15, -0.1) is 0 Å². The maximum atomic E-state index is 4.51. The molecule has 1 saturated heterocycles. The van der Waals surface area contributed by atoms with Crippen LogP contribution in [0.4, 0.5) is 0 Å². The van der Waals surface area contributed by atoms with E-state index in [9.17, 15) is 0 Å². The van der Waals surface area contributed by atoms with Crippen LogP contribution in [0.3, 0.4) is 0 Å². The summed E-state index contributed by atoms with van der Waals surface area (Å²) in [5.41, 5.74) is 0.958. The van der Waals surface area contributed by atoms with Crippen LogP contribution in [-0.2, 0) is 6.42 Å². The summed E-state index contributed by atoms with van der Waals surface area (Å²) in [5.74, 6) is 2.39. The maximum Gasteiger partial charge on any atom is 0.182 e. The van der Waals surface area contributed by atoms with Gasteiger partial charge in [0.2, 0.25) is 0 Å². The summed E-state index contributed by atoms with van der Waals surface area (Å²) in [6.07, 6.45) is 5.73. The number of aromatic nitrogens is 4. The molecule has 5 heteroatoms.